The number of nitrogens with zero attached hydrogens (tertiary/aromatic N) is 1. The summed E-state index contributed by atoms with van der Waals surface area (Å²) in [5, 5.41) is 0. The molecule has 19 heavy (non-hydrogen) atoms. The van der Waals surface area contributed by atoms with Crippen molar-refractivity contribution in [3.05, 3.63) is 18.0 Å². The molecule has 0 amide bonds. The van der Waals surface area contributed by atoms with Gasteiger partial charge >= 0.3 is 0 Å². The Labute approximate surface area is 119 Å². The van der Waals surface area contributed by atoms with Crippen LogP contribution in [0.2, 0.25) is 0 Å². The summed E-state index contributed by atoms with van der Waals surface area (Å²) in [4.78, 5) is 0.306. The molecule has 1 aromatic rings. The predicted octanol–water partition coefficient (Wildman–Crippen LogP) is 0.905. The minimum Gasteiger partial charge on any atom is -0.352 e. The van der Waals surface area contributed by atoms with Crippen LogP contribution in [0.5, 0.6) is 0 Å². The fraction of sp³-hybridized carbons (Fsp3) is 0.667. The van der Waals surface area contributed by atoms with Gasteiger partial charge < -0.3 is 10.3 Å². The van der Waals surface area contributed by atoms with Crippen LogP contribution in [0.1, 0.15) is 18.5 Å². The van der Waals surface area contributed by atoms with Gasteiger partial charge in [0.05, 0.1) is 4.90 Å². The zero-order valence-electron chi connectivity index (χ0n) is 11.1. The molecule has 7 heteroatoms. The Balaban J connectivity index is 2.00. The molecule has 2 rings (SSSR count). The number of hydrogen-bond acceptors (Lipinski definition) is 4. The molecule has 0 spiro atoms. The van der Waals surface area contributed by atoms with Gasteiger partial charge in [-0.05, 0) is 36.3 Å². The number of aromatic nitrogens is 1. The number of sulfonamides is 1. The SMILES string of the molecule is Cn1cc(S(=O)(=O)NCC2CCSCC2)cc1CN. The molecule has 1 aromatic heterocycles. The maximum atomic E-state index is 12.2. The van der Waals surface area contributed by atoms with Gasteiger partial charge in [0.15, 0.2) is 0 Å². The summed E-state index contributed by atoms with van der Waals surface area (Å²) >= 11 is 1.94. The highest BCUT2D eigenvalue weighted by molar-refractivity contribution is 7.99. The summed E-state index contributed by atoms with van der Waals surface area (Å²) in [6, 6.07) is 1.64. The number of aryl methyl sites for hydroxylation is 1. The average molecular weight is 303 g/mol. The molecular weight excluding hydrogens is 282 g/mol. The van der Waals surface area contributed by atoms with Gasteiger partial charge in [-0.25, -0.2) is 13.1 Å². The van der Waals surface area contributed by atoms with Crippen molar-refractivity contribution in [3.8, 4) is 0 Å². The van der Waals surface area contributed by atoms with E-state index in [0.29, 0.717) is 23.9 Å². The normalized spacial score (nSPS) is 17.8. The van der Waals surface area contributed by atoms with Gasteiger partial charge in [-0.3, -0.25) is 0 Å². The maximum Gasteiger partial charge on any atom is 0.242 e. The van der Waals surface area contributed by atoms with Crippen molar-refractivity contribution < 1.29 is 8.42 Å². The van der Waals surface area contributed by atoms with Crippen LogP contribution in [-0.4, -0.2) is 31.0 Å². The van der Waals surface area contributed by atoms with E-state index in [9.17, 15) is 8.42 Å². The second-order valence-corrected chi connectivity index (χ2v) is 7.88. The van der Waals surface area contributed by atoms with Crippen LogP contribution in [0.3, 0.4) is 0 Å². The zero-order chi connectivity index (χ0) is 13.9. The number of thioether (sulfide) groups is 1. The van der Waals surface area contributed by atoms with E-state index in [0.717, 1.165) is 30.0 Å². The molecule has 1 fully saturated rings. The average Bonchev–Trinajstić information content (AvgIpc) is 2.80. The highest BCUT2D eigenvalue weighted by Crippen LogP contribution is 2.22. The number of rotatable bonds is 5. The van der Waals surface area contributed by atoms with Gasteiger partial charge in [-0.2, -0.15) is 11.8 Å². The molecule has 1 saturated heterocycles. The van der Waals surface area contributed by atoms with Crippen LogP contribution >= 0.6 is 11.8 Å². The molecular formula is C12H21N3O2S2. The first-order chi connectivity index (χ1) is 9.03. The van der Waals surface area contributed by atoms with Crippen LogP contribution in [0.15, 0.2) is 17.2 Å². The highest BCUT2D eigenvalue weighted by Gasteiger charge is 2.20. The van der Waals surface area contributed by atoms with Crippen LogP contribution in [0.4, 0.5) is 0 Å². The molecule has 0 unspecified atom stereocenters. The van der Waals surface area contributed by atoms with Crippen molar-refractivity contribution in [3.63, 3.8) is 0 Å². The van der Waals surface area contributed by atoms with E-state index in [1.807, 2.05) is 11.8 Å². The molecule has 0 saturated carbocycles. The number of nitrogens with one attached hydrogen (secondary N) is 1. The maximum absolute atomic E-state index is 12.2. The van der Waals surface area contributed by atoms with Gasteiger partial charge in [-0.15, -0.1) is 0 Å². The molecule has 2 heterocycles. The quantitative estimate of drug-likeness (QED) is 0.847. The van der Waals surface area contributed by atoms with Crippen molar-refractivity contribution in [1.29, 1.82) is 0 Å². The van der Waals surface area contributed by atoms with Crippen molar-refractivity contribution in [1.82, 2.24) is 9.29 Å². The Morgan fingerprint density at radius 3 is 2.74 bits per heavy atom. The van der Waals surface area contributed by atoms with Crippen LogP contribution < -0.4 is 10.5 Å². The largest absolute Gasteiger partial charge is 0.352 e. The van der Waals surface area contributed by atoms with E-state index in [2.05, 4.69) is 4.72 Å². The van der Waals surface area contributed by atoms with E-state index in [4.69, 9.17) is 5.73 Å². The number of nitrogens with two attached hydrogens (primary N) is 1. The Morgan fingerprint density at radius 2 is 2.16 bits per heavy atom. The van der Waals surface area contributed by atoms with E-state index < -0.39 is 10.0 Å². The first-order valence-corrected chi connectivity index (χ1v) is 9.09. The lowest BCUT2D eigenvalue weighted by Crippen LogP contribution is -2.30. The topological polar surface area (TPSA) is 77.1 Å². The van der Waals surface area contributed by atoms with E-state index >= 15 is 0 Å². The summed E-state index contributed by atoms with van der Waals surface area (Å²) in [5.41, 5.74) is 6.37. The minimum atomic E-state index is -3.40. The molecule has 0 aromatic carbocycles. The van der Waals surface area contributed by atoms with Crippen LogP contribution in [0.25, 0.3) is 0 Å². The summed E-state index contributed by atoms with van der Waals surface area (Å²) < 4.78 is 28.8. The molecule has 5 nitrogen and oxygen atoms in total. The van der Waals surface area contributed by atoms with Gasteiger partial charge in [0.25, 0.3) is 0 Å². The van der Waals surface area contributed by atoms with Gasteiger partial charge in [0.2, 0.25) is 10.0 Å². The fourth-order valence-corrected chi connectivity index (χ4v) is 4.60. The van der Waals surface area contributed by atoms with Crippen molar-refractivity contribution in [2.75, 3.05) is 18.1 Å². The van der Waals surface area contributed by atoms with Gasteiger partial charge in [-0.1, -0.05) is 0 Å². The Morgan fingerprint density at radius 1 is 1.47 bits per heavy atom. The molecule has 1 aliphatic rings. The van der Waals surface area contributed by atoms with E-state index in [1.165, 1.54) is 0 Å². The van der Waals surface area contributed by atoms with E-state index in [1.54, 1.807) is 23.9 Å². The van der Waals surface area contributed by atoms with Crippen molar-refractivity contribution in [2.45, 2.75) is 24.3 Å². The first-order valence-electron chi connectivity index (χ1n) is 6.45. The molecule has 0 bridgehead atoms. The van der Waals surface area contributed by atoms with Crippen LogP contribution in [-0.2, 0) is 23.6 Å². The molecule has 3 N–H and O–H groups in total. The molecule has 0 radical (unpaired) electrons. The highest BCUT2D eigenvalue weighted by atomic mass is 32.2. The molecule has 1 aliphatic heterocycles. The smallest absolute Gasteiger partial charge is 0.242 e. The molecule has 0 atom stereocenters. The third-order valence-electron chi connectivity index (χ3n) is 3.51. The molecule has 0 aliphatic carbocycles. The van der Waals surface area contributed by atoms with Gasteiger partial charge in [0.1, 0.15) is 0 Å². The molecule has 108 valence electrons. The van der Waals surface area contributed by atoms with Gasteiger partial charge in [0, 0.05) is 32.0 Å². The number of hydrogen-bond donors (Lipinski definition) is 2. The lowest BCUT2D eigenvalue weighted by atomic mass is 10.0. The monoisotopic (exact) mass is 303 g/mol. The van der Waals surface area contributed by atoms with E-state index in [-0.39, 0.29) is 0 Å². The third kappa shape index (κ3) is 3.75. The predicted molar refractivity (Wildman–Crippen MR) is 78.5 cm³/mol. The minimum absolute atomic E-state index is 0.306. The lowest BCUT2D eigenvalue weighted by Gasteiger charge is -2.21. The third-order valence-corrected chi connectivity index (χ3v) is 5.94. The summed E-state index contributed by atoms with van der Waals surface area (Å²) in [5.74, 6) is 2.73. The summed E-state index contributed by atoms with van der Waals surface area (Å²) in [6.07, 6.45) is 3.80. The van der Waals surface area contributed by atoms with Crippen molar-refractivity contribution in [2.24, 2.45) is 18.7 Å². The second-order valence-electron chi connectivity index (χ2n) is 4.89. The van der Waals surface area contributed by atoms with Crippen LogP contribution in [0, 0.1) is 5.92 Å². The Kier molecular flexibility index (Phi) is 4.94. The Hall–Kier alpha value is -0.500. The summed E-state index contributed by atoms with van der Waals surface area (Å²) in [7, 11) is -1.60. The lowest BCUT2D eigenvalue weighted by molar-refractivity contribution is 0.476. The Bertz CT molecular complexity index is 519. The first kappa shape index (κ1) is 14.9. The standard InChI is InChI=1S/C12H21N3O2S2/c1-15-9-12(6-11(15)7-13)19(16,17)14-8-10-2-4-18-5-3-10/h6,9-10,14H,2-5,7-8,13H2,1H3. The second kappa shape index (κ2) is 6.30. The zero-order valence-corrected chi connectivity index (χ0v) is 12.8. The van der Waals surface area contributed by atoms with Crippen molar-refractivity contribution >= 4 is 21.8 Å². The summed E-state index contributed by atoms with van der Waals surface area (Å²) in [6.45, 7) is 0.877. The fourth-order valence-electron chi connectivity index (χ4n) is 2.19.